The van der Waals surface area contributed by atoms with E-state index in [2.05, 4.69) is 19.1 Å². The van der Waals surface area contributed by atoms with Gasteiger partial charge in [-0.25, -0.2) is 0 Å². The molecule has 0 aromatic heterocycles. The number of fused-ring (bicyclic) bond motifs is 1. The molecule has 7 atom stereocenters. The minimum Gasteiger partial charge on any atom is -0.353 e. The summed E-state index contributed by atoms with van der Waals surface area (Å²) in [6.45, 7) is 3.85. The lowest BCUT2D eigenvalue weighted by molar-refractivity contribution is -0.193. The standard InChI is InChI=1S/C26H42O5/c1-2-3-4-9-21(30-25-10-5-7-14-28-25)12-13-22-23-18-20(27)16-19(23)17-24(22)31-26-11-6-8-15-29-26/h12-13,19,21-26H,2-11,14-18H2,1H3/t19-,21-,22+,23-,24+,25?,26?/m0/s1. The fourth-order valence-electron chi connectivity index (χ4n) is 5.89. The average Bonchev–Trinajstić information content (AvgIpc) is 3.29. The average molecular weight is 435 g/mol. The van der Waals surface area contributed by atoms with E-state index in [1.807, 2.05) is 0 Å². The number of hydrogen-bond acceptors (Lipinski definition) is 5. The topological polar surface area (TPSA) is 54.0 Å². The summed E-state index contributed by atoms with van der Waals surface area (Å²) >= 11 is 0. The molecule has 0 spiro atoms. The molecule has 0 N–H and O–H groups in total. The first kappa shape index (κ1) is 23.4. The molecule has 4 fully saturated rings. The number of ether oxygens (including phenoxy) is 4. The summed E-state index contributed by atoms with van der Waals surface area (Å²) in [4.78, 5) is 12.1. The zero-order valence-corrected chi connectivity index (χ0v) is 19.3. The second-order valence-electron chi connectivity index (χ2n) is 10.0. The van der Waals surface area contributed by atoms with Gasteiger partial charge in [-0.3, -0.25) is 4.79 Å². The molecule has 31 heavy (non-hydrogen) atoms. The molecule has 2 aliphatic heterocycles. The Morgan fingerprint density at radius 1 is 1.03 bits per heavy atom. The van der Waals surface area contributed by atoms with E-state index in [1.165, 1.54) is 32.1 Å². The van der Waals surface area contributed by atoms with Crippen molar-refractivity contribution in [3.63, 3.8) is 0 Å². The second kappa shape index (κ2) is 11.9. The maximum atomic E-state index is 12.1. The van der Waals surface area contributed by atoms with Crippen LogP contribution in [-0.4, -0.2) is 43.8 Å². The van der Waals surface area contributed by atoms with Crippen molar-refractivity contribution in [3.8, 4) is 0 Å². The summed E-state index contributed by atoms with van der Waals surface area (Å²) < 4.78 is 24.6. The Labute approximate surface area is 188 Å². The van der Waals surface area contributed by atoms with E-state index in [1.54, 1.807) is 0 Å². The minimum absolute atomic E-state index is 0.0721. The van der Waals surface area contributed by atoms with Gasteiger partial charge in [-0.1, -0.05) is 38.3 Å². The molecule has 5 nitrogen and oxygen atoms in total. The zero-order chi connectivity index (χ0) is 21.5. The van der Waals surface area contributed by atoms with E-state index in [0.29, 0.717) is 24.0 Å². The predicted octanol–water partition coefficient (Wildman–Crippen LogP) is 5.56. The minimum atomic E-state index is -0.0728. The second-order valence-corrected chi connectivity index (χ2v) is 10.0. The van der Waals surface area contributed by atoms with Crippen LogP contribution in [-0.2, 0) is 23.7 Å². The molecule has 0 bridgehead atoms. The molecule has 4 rings (SSSR count). The highest BCUT2D eigenvalue weighted by atomic mass is 16.7. The molecular weight excluding hydrogens is 392 g/mol. The number of unbranched alkanes of at least 4 members (excludes halogenated alkanes) is 2. The maximum absolute atomic E-state index is 12.1. The van der Waals surface area contributed by atoms with Gasteiger partial charge in [0.25, 0.3) is 0 Å². The molecule has 4 aliphatic rings. The maximum Gasteiger partial charge on any atom is 0.158 e. The van der Waals surface area contributed by atoms with Crippen LogP contribution in [0.15, 0.2) is 12.2 Å². The SMILES string of the molecule is CCCCC[C@@H](C=C[C@@H]1[C@H]2CC(=O)C[C@H]2C[C@H]1OC1CCCCO1)OC1CCCCO1. The molecule has 0 radical (unpaired) electrons. The molecular formula is C26H42O5. The number of rotatable bonds is 10. The number of hydrogen-bond donors (Lipinski definition) is 0. The van der Waals surface area contributed by atoms with Crippen LogP contribution in [0.2, 0.25) is 0 Å². The lowest BCUT2D eigenvalue weighted by Gasteiger charge is -2.30. The van der Waals surface area contributed by atoms with Crippen LogP contribution in [0.25, 0.3) is 0 Å². The fraction of sp³-hybridized carbons (Fsp3) is 0.885. The highest BCUT2D eigenvalue weighted by Gasteiger charge is 2.48. The monoisotopic (exact) mass is 434 g/mol. The van der Waals surface area contributed by atoms with Crippen molar-refractivity contribution in [2.45, 2.75) is 115 Å². The summed E-state index contributed by atoms with van der Waals surface area (Å²) in [5, 5.41) is 0. The van der Waals surface area contributed by atoms with Gasteiger partial charge in [-0.05, 0) is 63.2 Å². The van der Waals surface area contributed by atoms with Crippen molar-refractivity contribution in [1.82, 2.24) is 0 Å². The number of carbonyl (C=O) groups excluding carboxylic acids is 1. The molecule has 2 unspecified atom stereocenters. The van der Waals surface area contributed by atoms with E-state index in [4.69, 9.17) is 18.9 Å². The van der Waals surface area contributed by atoms with E-state index in [9.17, 15) is 4.79 Å². The molecule has 0 aromatic carbocycles. The van der Waals surface area contributed by atoms with Crippen molar-refractivity contribution >= 4 is 5.78 Å². The number of carbonyl (C=O) groups is 1. The van der Waals surface area contributed by atoms with Crippen LogP contribution in [0.5, 0.6) is 0 Å². The fourth-order valence-corrected chi connectivity index (χ4v) is 5.89. The van der Waals surface area contributed by atoms with Gasteiger partial charge in [0, 0.05) is 32.0 Å². The number of ketones is 1. The van der Waals surface area contributed by atoms with Gasteiger partial charge < -0.3 is 18.9 Å². The normalized spacial score (nSPS) is 37.4. The first-order valence-corrected chi connectivity index (χ1v) is 13.0. The van der Waals surface area contributed by atoms with Crippen molar-refractivity contribution in [2.75, 3.05) is 13.2 Å². The number of Topliss-reactive ketones (excluding diaryl/α,β-unsaturated/α-hetero) is 1. The third-order valence-corrected chi connectivity index (χ3v) is 7.59. The molecule has 2 saturated heterocycles. The Hall–Kier alpha value is -0.750. The summed E-state index contributed by atoms with van der Waals surface area (Å²) in [7, 11) is 0. The Kier molecular flexibility index (Phi) is 9.00. The Bertz CT molecular complexity index is 578. The third kappa shape index (κ3) is 6.63. The van der Waals surface area contributed by atoms with E-state index in [0.717, 1.165) is 58.2 Å². The smallest absolute Gasteiger partial charge is 0.158 e. The van der Waals surface area contributed by atoms with Gasteiger partial charge in [0.2, 0.25) is 0 Å². The van der Waals surface area contributed by atoms with Crippen LogP contribution in [0.4, 0.5) is 0 Å². The van der Waals surface area contributed by atoms with Crippen molar-refractivity contribution in [1.29, 1.82) is 0 Å². The van der Waals surface area contributed by atoms with Gasteiger partial charge in [0.15, 0.2) is 12.6 Å². The summed E-state index contributed by atoms with van der Waals surface area (Å²) in [5.74, 6) is 1.59. The van der Waals surface area contributed by atoms with Gasteiger partial charge in [0.1, 0.15) is 5.78 Å². The summed E-state index contributed by atoms with van der Waals surface area (Å²) in [6.07, 6.45) is 18.4. The van der Waals surface area contributed by atoms with Gasteiger partial charge in [0.05, 0.1) is 12.2 Å². The van der Waals surface area contributed by atoms with Crippen LogP contribution in [0, 0.1) is 17.8 Å². The Morgan fingerprint density at radius 3 is 2.52 bits per heavy atom. The summed E-state index contributed by atoms with van der Waals surface area (Å²) in [6, 6.07) is 0. The van der Waals surface area contributed by atoms with E-state index in [-0.39, 0.29) is 30.7 Å². The zero-order valence-electron chi connectivity index (χ0n) is 19.3. The quantitative estimate of drug-likeness (QED) is 0.333. The Morgan fingerprint density at radius 2 is 1.81 bits per heavy atom. The van der Waals surface area contributed by atoms with Crippen molar-refractivity contribution in [2.24, 2.45) is 17.8 Å². The lowest BCUT2D eigenvalue weighted by Crippen LogP contribution is -2.31. The van der Waals surface area contributed by atoms with Gasteiger partial charge in [-0.2, -0.15) is 0 Å². The molecule has 0 amide bonds. The van der Waals surface area contributed by atoms with Crippen LogP contribution >= 0.6 is 0 Å². The molecule has 5 heteroatoms. The van der Waals surface area contributed by atoms with Crippen molar-refractivity contribution < 1.29 is 23.7 Å². The lowest BCUT2D eigenvalue weighted by atomic mass is 9.90. The van der Waals surface area contributed by atoms with Crippen LogP contribution < -0.4 is 0 Å². The van der Waals surface area contributed by atoms with Crippen LogP contribution in [0.1, 0.15) is 90.4 Å². The molecule has 0 aromatic rings. The van der Waals surface area contributed by atoms with Crippen LogP contribution in [0.3, 0.4) is 0 Å². The van der Waals surface area contributed by atoms with Crippen molar-refractivity contribution in [3.05, 3.63) is 12.2 Å². The van der Waals surface area contributed by atoms with Gasteiger partial charge >= 0.3 is 0 Å². The largest absolute Gasteiger partial charge is 0.353 e. The molecule has 2 saturated carbocycles. The first-order valence-electron chi connectivity index (χ1n) is 13.0. The highest BCUT2D eigenvalue weighted by molar-refractivity contribution is 5.81. The molecule has 2 heterocycles. The summed E-state index contributed by atoms with van der Waals surface area (Å²) in [5.41, 5.74) is 0. The molecule has 2 aliphatic carbocycles. The Balaban J connectivity index is 1.41. The van der Waals surface area contributed by atoms with E-state index >= 15 is 0 Å². The first-order chi connectivity index (χ1) is 15.2. The highest BCUT2D eigenvalue weighted by Crippen LogP contribution is 2.48. The predicted molar refractivity (Wildman–Crippen MR) is 120 cm³/mol. The van der Waals surface area contributed by atoms with Gasteiger partial charge in [-0.15, -0.1) is 0 Å². The van der Waals surface area contributed by atoms with E-state index < -0.39 is 0 Å². The molecule has 176 valence electrons. The third-order valence-electron chi connectivity index (χ3n) is 7.59.